The molecule has 0 bridgehead atoms. The van der Waals surface area contributed by atoms with Gasteiger partial charge in [-0.25, -0.2) is 0 Å². The van der Waals surface area contributed by atoms with E-state index in [0.29, 0.717) is 86.6 Å². The van der Waals surface area contributed by atoms with Gasteiger partial charge in [-0.3, -0.25) is 0 Å². The number of benzene rings is 12. The minimum Gasteiger partial charge on any atom is -0.396 e. The molecule has 13 N–H and O–H groups in total. The number of rotatable bonds is 43. The number of nitrogens with zero attached hydrogens (tertiary/aromatic N) is 3. The van der Waals surface area contributed by atoms with Crippen LogP contribution in [0.25, 0.3) is 0 Å². The lowest BCUT2D eigenvalue weighted by Crippen LogP contribution is -2.29. The predicted molar refractivity (Wildman–Crippen MR) is 504 cm³/mol. The molecule has 650 valence electrons. The highest BCUT2D eigenvalue weighted by Gasteiger charge is 2.24. The molecular weight excluding hydrogens is 1630 g/mol. The summed E-state index contributed by atoms with van der Waals surface area (Å²) in [6, 6.07) is 101. The van der Waals surface area contributed by atoms with E-state index in [1.807, 2.05) is 130 Å². The summed E-state index contributed by atoms with van der Waals surface area (Å²) < 4.78 is 0. The van der Waals surface area contributed by atoms with Crippen LogP contribution < -0.4 is 20.0 Å². The molecule has 20 heteroatoms. The maximum atomic E-state index is 9.40. The van der Waals surface area contributed by atoms with Gasteiger partial charge >= 0.3 is 0 Å². The van der Waals surface area contributed by atoms with Gasteiger partial charge in [0.05, 0.1) is 46.2 Å². The predicted octanol–water partition coefficient (Wildman–Crippen LogP) is 17.5. The van der Waals surface area contributed by atoms with Gasteiger partial charge in [0.15, 0.2) is 0 Å². The highest BCUT2D eigenvalue weighted by atomic mass is 35.5. The number of anilines is 4. The molecule has 0 spiro atoms. The van der Waals surface area contributed by atoms with Crippen LogP contribution in [-0.2, 0) is 6.42 Å². The molecule has 0 radical (unpaired) electrons. The molecule has 16 nitrogen and oxygen atoms in total. The van der Waals surface area contributed by atoms with E-state index in [2.05, 4.69) is 187 Å². The summed E-state index contributed by atoms with van der Waals surface area (Å²) in [5.41, 5.74) is 21.3. The highest BCUT2D eigenvalue weighted by Crippen LogP contribution is 2.40. The van der Waals surface area contributed by atoms with E-state index >= 15 is 0 Å². The maximum Gasteiger partial charge on any atom is 0.0606 e. The van der Waals surface area contributed by atoms with E-state index in [1.165, 1.54) is 27.8 Å². The fourth-order valence-electron chi connectivity index (χ4n) is 15.7. The zero-order valence-electron chi connectivity index (χ0n) is 69.7. The second-order valence-electron chi connectivity index (χ2n) is 30.0. The van der Waals surface area contributed by atoms with Gasteiger partial charge < -0.3 is 81.3 Å². The Labute approximate surface area is 745 Å². The fourth-order valence-corrected chi connectivity index (χ4v) is 16.2. The van der Waals surface area contributed by atoms with Crippen molar-refractivity contribution in [3.63, 3.8) is 0 Å². The smallest absolute Gasteiger partial charge is 0.0606 e. The van der Waals surface area contributed by atoms with Gasteiger partial charge in [0.2, 0.25) is 0 Å². The lowest BCUT2D eigenvalue weighted by atomic mass is 9.82. The number of aliphatic hydroxyl groups is 12. The average molecular weight is 1750 g/mol. The van der Waals surface area contributed by atoms with Crippen LogP contribution in [-0.4, -0.2) is 186 Å². The number of hydrogen-bond acceptors (Lipinski definition) is 16. The number of halogens is 4. The summed E-state index contributed by atoms with van der Waals surface area (Å²) in [5.74, 6) is 0.481. The molecule has 12 aromatic carbocycles. The largest absolute Gasteiger partial charge is 0.396 e. The van der Waals surface area contributed by atoms with Crippen molar-refractivity contribution >= 4 is 69.2 Å². The summed E-state index contributed by atoms with van der Waals surface area (Å²) in [5, 5.41) is 117. The van der Waals surface area contributed by atoms with Crippen molar-refractivity contribution < 1.29 is 61.3 Å². The van der Waals surface area contributed by atoms with Gasteiger partial charge in [-0.15, -0.1) is 0 Å². The molecular formula is C103H118Cl4N4O12. The first-order chi connectivity index (χ1) is 60.1. The molecule has 123 heavy (non-hydrogen) atoms. The summed E-state index contributed by atoms with van der Waals surface area (Å²) in [6.07, 6.45) is 4.15. The van der Waals surface area contributed by atoms with Gasteiger partial charge in [-0.05, 0) is 231 Å². The first-order valence-corrected chi connectivity index (χ1v) is 43.7. The summed E-state index contributed by atoms with van der Waals surface area (Å²) in [6.45, 7) is 4.36. The van der Waals surface area contributed by atoms with Gasteiger partial charge in [-0.2, -0.15) is 0 Å². The van der Waals surface area contributed by atoms with Crippen molar-refractivity contribution in [2.45, 2.75) is 74.0 Å². The zero-order chi connectivity index (χ0) is 87.5. The Balaban J connectivity index is 0.000000187. The molecule has 0 saturated heterocycles. The van der Waals surface area contributed by atoms with Crippen LogP contribution in [0.15, 0.2) is 297 Å². The lowest BCUT2D eigenvalue weighted by molar-refractivity contribution is 0.241. The van der Waals surface area contributed by atoms with Crippen LogP contribution in [0.5, 0.6) is 0 Å². The van der Waals surface area contributed by atoms with Crippen molar-refractivity contribution in [3.8, 4) is 0 Å². The van der Waals surface area contributed by atoms with Crippen molar-refractivity contribution in [3.05, 3.63) is 401 Å². The topological polar surface area (TPSA) is 265 Å². The highest BCUT2D eigenvalue weighted by molar-refractivity contribution is 6.31. The second-order valence-corrected chi connectivity index (χ2v) is 31.8. The third-order valence-corrected chi connectivity index (χ3v) is 23.0. The molecule has 3 unspecified atom stereocenters. The second kappa shape index (κ2) is 53.6. The Morgan fingerprint density at radius 3 is 0.675 bits per heavy atom. The van der Waals surface area contributed by atoms with Crippen LogP contribution in [0.1, 0.15) is 151 Å². The minimum absolute atomic E-state index is 0.0173. The number of aryl methyl sites for hydroxylation is 1. The van der Waals surface area contributed by atoms with E-state index < -0.39 is 0 Å². The molecule has 12 aromatic rings. The Bertz CT molecular complexity index is 4620. The minimum atomic E-state index is 0.0173. The van der Waals surface area contributed by atoms with Gasteiger partial charge in [0.25, 0.3) is 0 Å². The first-order valence-electron chi connectivity index (χ1n) is 42.2. The van der Waals surface area contributed by atoms with Crippen LogP contribution in [0.2, 0.25) is 20.1 Å². The summed E-state index contributed by atoms with van der Waals surface area (Å²) in [4.78, 5) is 5.91. The molecule has 0 amide bonds. The molecule has 0 fully saturated rings. The quantitative estimate of drug-likeness (QED) is 0.0158. The van der Waals surface area contributed by atoms with Crippen LogP contribution >= 0.6 is 46.4 Å². The lowest BCUT2D eigenvalue weighted by Gasteiger charge is -2.24. The van der Waals surface area contributed by atoms with Gasteiger partial charge in [0, 0.05) is 145 Å². The van der Waals surface area contributed by atoms with Gasteiger partial charge in [0.1, 0.15) is 0 Å². The third kappa shape index (κ3) is 29.9. The van der Waals surface area contributed by atoms with E-state index in [4.69, 9.17) is 56.6 Å². The molecule has 0 heterocycles. The van der Waals surface area contributed by atoms with Crippen molar-refractivity contribution in [1.29, 1.82) is 0 Å². The molecule has 0 aliphatic carbocycles. The Kier molecular flexibility index (Phi) is 42.4. The standard InChI is InChI=1S/C29H35ClO4.C26H30ClNO3.C25H29ClN2O3.C23H24ClNO2/c30-28-11-9-27(10-12-28)29(25-5-1-21(2-6-25)23(13-17-31)14-18-32)26-7-3-22(4-8-26)24(15-19-33)16-20-34;27-24-11-7-22(8-12-24)26(21-5-3-20(4-6-21)2-1-17-29)23-9-13-25(14-10-23)28(15-18-30)16-19-31;26-22-7-1-19(2-8-22)25(20-3-9-23(10-4-20)27-13-16-29)21-5-11-24(12-6-21)28(14-17-30)15-18-31;24-21-10-6-19(7-11-21)23(18-4-2-1-3-5-18)20-8-12-22(13-9-20)25(14-16-26)15-17-27/h1-12,23-24,29,31-34H,13-20H2;3-14,26,29-31H,1-2,15-19H2;1-12,25,27,29-31H,13-18H2;1-13,23,26-27H,14-17H2. The van der Waals surface area contributed by atoms with Crippen LogP contribution in [0.4, 0.5) is 22.7 Å². The maximum absolute atomic E-state index is 9.40. The number of aliphatic hydroxyl groups excluding tert-OH is 12. The van der Waals surface area contributed by atoms with Crippen molar-refractivity contribution in [1.82, 2.24) is 0 Å². The average Bonchev–Trinajstić information content (AvgIpc) is 0.815. The Morgan fingerprint density at radius 2 is 0.439 bits per heavy atom. The monoisotopic (exact) mass is 1740 g/mol. The number of hydrogen-bond donors (Lipinski definition) is 13. The third-order valence-electron chi connectivity index (χ3n) is 22.0. The summed E-state index contributed by atoms with van der Waals surface area (Å²) >= 11 is 24.5. The molecule has 0 saturated carbocycles. The summed E-state index contributed by atoms with van der Waals surface area (Å²) in [7, 11) is 0. The van der Waals surface area contributed by atoms with Crippen LogP contribution in [0, 0.1) is 0 Å². The number of nitrogens with one attached hydrogen (secondary N) is 1. The van der Waals surface area contributed by atoms with Crippen LogP contribution in [0.3, 0.4) is 0 Å². The fraction of sp³-hybridized carbons (Fsp3) is 0.301. The van der Waals surface area contributed by atoms with Crippen molar-refractivity contribution in [2.24, 2.45) is 0 Å². The van der Waals surface area contributed by atoms with E-state index in [1.54, 1.807) is 0 Å². The molecule has 0 aliphatic heterocycles. The Hall–Kier alpha value is -9.48. The van der Waals surface area contributed by atoms with E-state index in [0.717, 1.165) is 96.2 Å². The SMILES string of the molecule is OCCC(CCO)c1ccc(C(c2ccc(Cl)cc2)c2ccc(C(CCO)CCO)cc2)cc1.OCCCc1ccc(C(c2ccc(Cl)cc2)c2ccc(N(CCO)CCO)cc2)cc1.OCCN(CCO)c1ccc(C(c2ccccc2)c2ccc(Cl)cc2)cc1.OCCNc1ccc(C(c2ccc(Cl)cc2)c2ccc(N(CCO)CCO)cc2)cc1. The molecule has 3 atom stereocenters. The Morgan fingerprint density at radius 1 is 0.220 bits per heavy atom. The van der Waals surface area contributed by atoms with Crippen molar-refractivity contribution in [2.75, 3.05) is 145 Å². The molecule has 0 aliphatic rings. The van der Waals surface area contributed by atoms with E-state index in [9.17, 15) is 51.1 Å². The normalized spacial score (nSPS) is 11.9. The first kappa shape index (κ1) is 97.3. The molecule has 0 aromatic heterocycles. The molecule has 12 rings (SSSR count). The zero-order valence-corrected chi connectivity index (χ0v) is 72.7. The van der Waals surface area contributed by atoms with Gasteiger partial charge in [-0.1, -0.05) is 247 Å². The van der Waals surface area contributed by atoms with E-state index in [-0.39, 0.29) is 115 Å².